The fourth-order valence-corrected chi connectivity index (χ4v) is 4.35. The van der Waals surface area contributed by atoms with Crippen LogP contribution >= 0.6 is 23.1 Å². The molecule has 0 N–H and O–H groups in total. The molecule has 8 heteroatoms. The molecule has 0 saturated heterocycles. The van der Waals surface area contributed by atoms with Gasteiger partial charge < -0.3 is 14.0 Å². The molecule has 2 aromatic heterocycles. The normalized spacial score (nSPS) is 13.5. The maximum atomic E-state index is 12.2. The zero-order valence-electron chi connectivity index (χ0n) is 15.5. The Bertz CT molecular complexity index is 919. The first-order chi connectivity index (χ1) is 13.7. The number of thioether (sulfide) groups is 1. The van der Waals surface area contributed by atoms with E-state index in [1.54, 1.807) is 35.6 Å². The Morgan fingerprint density at radius 2 is 2.00 bits per heavy atom. The number of benzene rings is 1. The zero-order valence-corrected chi connectivity index (χ0v) is 17.2. The second-order valence-corrected chi connectivity index (χ2v) is 8.40. The standard InChI is InChI=1S/C20H21N3O3S2/c1-2-25-15-7-9-16(10-8-15)26-19(24)13-28-20-22-21-18(23(20)14-5-6-14)12-17-4-3-11-27-17/h3-4,7-11,14H,2,5-6,12-13H2,1H3. The summed E-state index contributed by atoms with van der Waals surface area (Å²) in [5.74, 6) is 2.12. The molecule has 0 spiro atoms. The Morgan fingerprint density at radius 3 is 2.68 bits per heavy atom. The molecule has 6 nitrogen and oxygen atoms in total. The first-order valence-corrected chi connectivity index (χ1v) is 11.1. The van der Waals surface area contributed by atoms with Crippen LogP contribution in [0.4, 0.5) is 0 Å². The van der Waals surface area contributed by atoms with Crippen LogP contribution in [0.5, 0.6) is 11.5 Å². The van der Waals surface area contributed by atoms with E-state index < -0.39 is 0 Å². The Kier molecular flexibility index (Phi) is 5.97. The Labute approximate surface area is 171 Å². The van der Waals surface area contributed by atoms with Gasteiger partial charge in [0.25, 0.3) is 0 Å². The van der Waals surface area contributed by atoms with Crippen molar-refractivity contribution in [2.75, 3.05) is 12.4 Å². The summed E-state index contributed by atoms with van der Waals surface area (Å²) >= 11 is 3.10. The number of aromatic nitrogens is 3. The number of carbonyl (C=O) groups is 1. The van der Waals surface area contributed by atoms with Crippen LogP contribution < -0.4 is 9.47 Å². The van der Waals surface area contributed by atoms with Gasteiger partial charge in [0.1, 0.15) is 17.3 Å². The number of thiophene rings is 1. The van der Waals surface area contributed by atoms with Crippen LogP contribution in [-0.2, 0) is 11.2 Å². The van der Waals surface area contributed by atoms with Crippen molar-refractivity contribution in [3.63, 3.8) is 0 Å². The highest BCUT2D eigenvalue weighted by molar-refractivity contribution is 7.99. The number of esters is 1. The van der Waals surface area contributed by atoms with Gasteiger partial charge >= 0.3 is 5.97 Å². The molecule has 0 aliphatic heterocycles. The van der Waals surface area contributed by atoms with Crippen molar-refractivity contribution in [1.29, 1.82) is 0 Å². The molecule has 4 rings (SSSR count). The third kappa shape index (κ3) is 4.74. The summed E-state index contributed by atoms with van der Waals surface area (Å²) in [6.45, 7) is 2.53. The molecule has 0 radical (unpaired) electrons. The van der Waals surface area contributed by atoms with Crippen LogP contribution in [0.25, 0.3) is 0 Å². The second kappa shape index (κ2) is 8.79. The summed E-state index contributed by atoms with van der Waals surface area (Å²) in [4.78, 5) is 13.5. The van der Waals surface area contributed by atoms with Crippen molar-refractivity contribution in [3.8, 4) is 11.5 Å². The lowest BCUT2D eigenvalue weighted by atomic mass is 10.3. The maximum Gasteiger partial charge on any atom is 0.321 e. The van der Waals surface area contributed by atoms with E-state index in [2.05, 4.69) is 26.2 Å². The highest BCUT2D eigenvalue weighted by Gasteiger charge is 2.30. The number of hydrogen-bond donors (Lipinski definition) is 0. The molecule has 0 bridgehead atoms. The quantitative estimate of drug-likeness (QED) is 0.294. The summed E-state index contributed by atoms with van der Waals surface area (Å²) < 4.78 is 13.0. The number of nitrogens with zero attached hydrogens (tertiary/aromatic N) is 3. The highest BCUT2D eigenvalue weighted by Crippen LogP contribution is 2.39. The van der Waals surface area contributed by atoms with Crippen molar-refractivity contribution in [1.82, 2.24) is 14.8 Å². The van der Waals surface area contributed by atoms with Crippen LogP contribution in [0.15, 0.2) is 46.9 Å². The Morgan fingerprint density at radius 1 is 1.21 bits per heavy atom. The molecule has 0 atom stereocenters. The van der Waals surface area contributed by atoms with Gasteiger partial charge in [0.2, 0.25) is 0 Å². The molecular weight excluding hydrogens is 394 g/mol. The summed E-state index contributed by atoms with van der Waals surface area (Å²) in [5.41, 5.74) is 0. The SMILES string of the molecule is CCOc1ccc(OC(=O)CSc2nnc(Cc3cccs3)n2C2CC2)cc1. The first kappa shape index (κ1) is 19.0. The monoisotopic (exact) mass is 415 g/mol. The minimum absolute atomic E-state index is 0.192. The van der Waals surface area contributed by atoms with E-state index in [0.29, 0.717) is 18.4 Å². The minimum Gasteiger partial charge on any atom is -0.494 e. The molecule has 1 aliphatic carbocycles. The largest absolute Gasteiger partial charge is 0.494 e. The van der Waals surface area contributed by atoms with E-state index in [9.17, 15) is 4.79 Å². The summed E-state index contributed by atoms with van der Waals surface area (Å²) in [5, 5.41) is 11.6. The van der Waals surface area contributed by atoms with Crippen LogP contribution in [0.2, 0.25) is 0 Å². The third-order valence-electron chi connectivity index (χ3n) is 4.25. The lowest BCUT2D eigenvalue weighted by molar-refractivity contribution is -0.131. The molecule has 0 unspecified atom stereocenters. The van der Waals surface area contributed by atoms with Crippen molar-refractivity contribution < 1.29 is 14.3 Å². The molecule has 0 amide bonds. The summed E-state index contributed by atoms with van der Waals surface area (Å²) in [7, 11) is 0. The Balaban J connectivity index is 1.36. The van der Waals surface area contributed by atoms with E-state index >= 15 is 0 Å². The predicted molar refractivity (Wildman–Crippen MR) is 109 cm³/mol. The minimum atomic E-state index is -0.306. The number of ether oxygens (including phenoxy) is 2. The number of hydrogen-bond acceptors (Lipinski definition) is 7. The van der Waals surface area contributed by atoms with Crippen LogP contribution in [0.1, 0.15) is 36.5 Å². The maximum absolute atomic E-state index is 12.2. The van der Waals surface area contributed by atoms with Crippen LogP contribution in [0, 0.1) is 0 Å². The van der Waals surface area contributed by atoms with Crippen LogP contribution in [0.3, 0.4) is 0 Å². The van der Waals surface area contributed by atoms with E-state index in [-0.39, 0.29) is 11.7 Å². The highest BCUT2D eigenvalue weighted by atomic mass is 32.2. The molecule has 1 fully saturated rings. The lowest BCUT2D eigenvalue weighted by Crippen LogP contribution is -2.12. The fraction of sp³-hybridized carbons (Fsp3) is 0.350. The van der Waals surface area contributed by atoms with E-state index in [0.717, 1.165) is 36.0 Å². The van der Waals surface area contributed by atoms with E-state index in [1.807, 2.05) is 13.0 Å². The fourth-order valence-electron chi connectivity index (χ4n) is 2.85. The zero-order chi connectivity index (χ0) is 19.3. The van der Waals surface area contributed by atoms with Crippen molar-refractivity contribution in [2.45, 2.75) is 37.4 Å². The molecule has 1 aromatic carbocycles. The molecule has 1 aliphatic rings. The second-order valence-electron chi connectivity index (χ2n) is 6.42. The first-order valence-electron chi connectivity index (χ1n) is 9.25. The summed E-state index contributed by atoms with van der Waals surface area (Å²) in [6, 6.07) is 11.7. The number of carbonyl (C=O) groups excluding carboxylic acids is 1. The topological polar surface area (TPSA) is 66.2 Å². The van der Waals surface area contributed by atoms with Gasteiger partial charge in [0.15, 0.2) is 5.16 Å². The van der Waals surface area contributed by atoms with E-state index in [1.165, 1.54) is 16.6 Å². The van der Waals surface area contributed by atoms with Gasteiger partial charge in [0.05, 0.1) is 12.4 Å². The molecule has 1 saturated carbocycles. The van der Waals surface area contributed by atoms with Gasteiger partial charge in [-0.1, -0.05) is 17.8 Å². The smallest absolute Gasteiger partial charge is 0.321 e. The van der Waals surface area contributed by atoms with Crippen molar-refractivity contribution in [2.24, 2.45) is 0 Å². The van der Waals surface area contributed by atoms with Gasteiger partial charge in [-0.3, -0.25) is 4.79 Å². The Hall–Kier alpha value is -2.32. The van der Waals surface area contributed by atoms with Gasteiger partial charge in [0, 0.05) is 17.3 Å². The van der Waals surface area contributed by atoms with Crippen molar-refractivity contribution in [3.05, 3.63) is 52.5 Å². The van der Waals surface area contributed by atoms with Crippen molar-refractivity contribution >= 4 is 29.1 Å². The average Bonchev–Trinajstić information content (AvgIpc) is 3.25. The molecule has 2 heterocycles. The van der Waals surface area contributed by atoms with Gasteiger partial charge in [-0.2, -0.15) is 0 Å². The van der Waals surface area contributed by atoms with Gasteiger partial charge in [-0.15, -0.1) is 21.5 Å². The molecule has 28 heavy (non-hydrogen) atoms. The molecule has 146 valence electrons. The third-order valence-corrected chi connectivity index (χ3v) is 6.04. The van der Waals surface area contributed by atoms with Gasteiger partial charge in [-0.25, -0.2) is 0 Å². The van der Waals surface area contributed by atoms with Crippen LogP contribution in [-0.4, -0.2) is 33.1 Å². The molecule has 3 aromatic rings. The predicted octanol–water partition coefficient (Wildman–Crippen LogP) is 4.36. The number of rotatable bonds is 9. The lowest BCUT2D eigenvalue weighted by Gasteiger charge is -2.08. The summed E-state index contributed by atoms with van der Waals surface area (Å²) in [6.07, 6.45) is 3.05. The average molecular weight is 416 g/mol. The molecular formula is C20H21N3O3S2. The van der Waals surface area contributed by atoms with E-state index in [4.69, 9.17) is 9.47 Å². The van der Waals surface area contributed by atoms with Gasteiger partial charge in [-0.05, 0) is 55.5 Å².